The number of rotatable bonds is 5. The second-order valence-corrected chi connectivity index (χ2v) is 7.76. The highest BCUT2D eigenvalue weighted by Gasteiger charge is 2.44. The van der Waals surface area contributed by atoms with Crippen molar-refractivity contribution < 1.29 is 13.2 Å². The van der Waals surface area contributed by atoms with Gasteiger partial charge < -0.3 is 4.74 Å². The van der Waals surface area contributed by atoms with Crippen LogP contribution in [-0.2, 0) is 15.4 Å². The minimum Gasteiger partial charge on any atom is -0.495 e. The number of benzene rings is 2. The maximum atomic E-state index is 12.4. The summed E-state index contributed by atoms with van der Waals surface area (Å²) in [5.74, 6) is 0.409. The van der Waals surface area contributed by atoms with E-state index in [-0.39, 0.29) is 15.3 Å². The Bertz CT molecular complexity index is 914. The molecule has 0 aliphatic heterocycles. The van der Waals surface area contributed by atoms with E-state index in [1.54, 1.807) is 24.3 Å². The zero-order chi connectivity index (χ0) is 17.4. The average molecular weight is 363 g/mol. The lowest BCUT2D eigenvalue weighted by atomic mass is 9.98. The van der Waals surface area contributed by atoms with Crippen molar-refractivity contribution >= 4 is 27.3 Å². The topological polar surface area (TPSA) is 79.2 Å². The second-order valence-electron chi connectivity index (χ2n) is 5.67. The molecule has 0 amide bonds. The molecular formula is C17H15ClN2O3S. The summed E-state index contributed by atoms with van der Waals surface area (Å²) in [4.78, 5) is 0.0491. The van der Waals surface area contributed by atoms with E-state index in [1.165, 1.54) is 25.3 Å². The second kappa shape index (κ2) is 6.00. The van der Waals surface area contributed by atoms with Gasteiger partial charge in [-0.15, -0.1) is 0 Å². The number of hydrogen-bond acceptors (Lipinski definition) is 4. The molecule has 0 aromatic heterocycles. The molecule has 0 atom stereocenters. The number of nitrogens with zero attached hydrogens (tertiary/aromatic N) is 1. The minimum absolute atomic E-state index is 0.0491. The third-order valence-corrected chi connectivity index (χ3v) is 5.76. The number of halogens is 1. The van der Waals surface area contributed by atoms with Gasteiger partial charge in [-0.2, -0.15) is 5.26 Å². The predicted molar refractivity (Wildman–Crippen MR) is 91.8 cm³/mol. The Morgan fingerprint density at radius 3 is 2.38 bits per heavy atom. The van der Waals surface area contributed by atoms with E-state index in [0.717, 1.165) is 18.4 Å². The SMILES string of the molecule is COc1ccc(S(=O)(=O)Nc2ccc(C3(C#N)CC3)cc2)cc1Cl. The van der Waals surface area contributed by atoms with Crippen molar-refractivity contribution in [3.63, 3.8) is 0 Å². The lowest BCUT2D eigenvalue weighted by Crippen LogP contribution is -2.13. The molecule has 2 aromatic carbocycles. The molecule has 0 heterocycles. The molecule has 1 saturated carbocycles. The summed E-state index contributed by atoms with van der Waals surface area (Å²) in [6, 6.07) is 13.5. The van der Waals surface area contributed by atoms with Crippen LogP contribution in [0.3, 0.4) is 0 Å². The molecule has 1 aliphatic carbocycles. The highest BCUT2D eigenvalue weighted by molar-refractivity contribution is 7.92. The first-order valence-electron chi connectivity index (χ1n) is 7.28. The molecule has 0 unspecified atom stereocenters. The van der Waals surface area contributed by atoms with Gasteiger partial charge in [0.2, 0.25) is 0 Å². The summed E-state index contributed by atoms with van der Waals surface area (Å²) < 4.78 is 32.4. The minimum atomic E-state index is -3.75. The van der Waals surface area contributed by atoms with Gasteiger partial charge in [-0.3, -0.25) is 4.72 Å². The fourth-order valence-corrected chi connectivity index (χ4v) is 3.88. The average Bonchev–Trinajstić information content (AvgIpc) is 3.36. The maximum absolute atomic E-state index is 12.4. The first-order chi connectivity index (χ1) is 11.4. The zero-order valence-electron chi connectivity index (χ0n) is 12.9. The van der Waals surface area contributed by atoms with Crippen LogP contribution in [0, 0.1) is 11.3 Å². The Hall–Kier alpha value is -2.23. The fourth-order valence-electron chi connectivity index (χ4n) is 2.48. The number of ether oxygens (including phenoxy) is 1. The molecule has 1 N–H and O–H groups in total. The molecule has 7 heteroatoms. The molecule has 124 valence electrons. The molecule has 0 saturated heterocycles. The third kappa shape index (κ3) is 3.05. The van der Waals surface area contributed by atoms with Gasteiger partial charge in [-0.25, -0.2) is 8.42 Å². The molecule has 2 aromatic rings. The number of anilines is 1. The van der Waals surface area contributed by atoms with Gasteiger partial charge in [0.05, 0.1) is 28.5 Å². The Kier molecular flexibility index (Phi) is 4.16. The van der Waals surface area contributed by atoms with E-state index in [2.05, 4.69) is 10.8 Å². The van der Waals surface area contributed by atoms with Crippen molar-refractivity contribution in [2.45, 2.75) is 23.2 Å². The summed E-state index contributed by atoms with van der Waals surface area (Å²) in [6.45, 7) is 0. The first-order valence-corrected chi connectivity index (χ1v) is 9.14. The van der Waals surface area contributed by atoms with Crippen LogP contribution in [0.5, 0.6) is 5.75 Å². The van der Waals surface area contributed by atoms with E-state index in [1.807, 2.05) is 0 Å². The van der Waals surface area contributed by atoms with Crippen LogP contribution >= 0.6 is 11.6 Å². The Morgan fingerprint density at radius 2 is 1.88 bits per heavy atom. The van der Waals surface area contributed by atoms with Gasteiger partial charge in [0, 0.05) is 5.69 Å². The predicted octanol–water partition coefficient (Wildman–Crippen LogP) is 3.70. The van der Waals surface area contributed by atoms with Crippen LogP contribution in [0.4, 0.5) is 5.69 Å². The van der Waals surface area contributed by atoms with Crippen LogP contribution in [-0.4, -0.2) is 15.5 Å². The van der Waals surface area contributed by atoms with Crippen molar-refractivity contribution in [2.24, 2.45) is 0 Å². The highest BCUT2D eigenvalue weighted by Crippen LogP contribution is 2.47. The Balaban J connectivity index is 1.82. The number of sulfonamides is 1. The van der Waals surface area contributed by atoms with Crippen molar-refractivity contribution in [1.82, 2.24) is 0 Å². The van der Waals surface area contributed by atoms with Gasteiger partial charge in [0.15, 0.2) is 0 Å². The summed E-state index contributed by atoms with van der Waals surface area (Å²) in [6.07, 6.45) is 1.69. The molecule has 5 nitrogen and oxygen atoms in total. The quantitative estimate of drug-likeness (QED) is 0.879. The van der Waals surface area contributed by atoms with Crippen molar-refractivity contribution in [1.29, 1.82) is 5.26 Å². The standard InChI is InChI=1S/C17H15ClN2O3S/c1-23-16-7-6-14(10-15(16)18)24(21,22)20-13-4-2-12(3-5-13)17(11-19)8-9-17/h2-7,10,20H,8-9H2,1H3. The van der Waals surface area contributed by atoms with E-state index in [9.17, 15) is 13.7 Å². The number of nitrogens with one attached hydrogen (secondary N) is 1. The van der Waals surface area contributed by atoms with Crippen LogP contribution in [0.15, 0.2) is 47.4 Å². The molecule has 0 spiro atoms. The van der Waals surface area contributed by atoms with E-state index < -0.39 is 10.0 Å². The summed E-state index contributed by atoms with van der Waals surface area (Å²) in [7, 11) is -2.29. The number of methoxy groups -OCH3 is 1. The first kappa shape index (κ1) is 16.6. The third-order valence-electron chi connectivity index (χ3n) is 4.09. The largest absolute Gasteiger partial charge is 0.495 e. The Labute approximate surface area is 145 Å². The molecule has 0 radical (unpaired) electrons. The fraction of sp³-hybridized carbons (Fsp3) is 0.235. The van der Waals surface area contributed by atoms with Gasteiger partial charge in [-0.1, -0.05) is 23.7 Å². The van der Waals surface area contributed by atoms with Gasteiger partial charge in [0.1, 0.15) is 5.75 Å². The van der Waals surface area contributed by atoms with Crippen LogP contribution < -0.4 is 9.46 Å². The highest BCUT2D eigenvalue weighted by atomic mass is 35.5. The van der Waals surface area contributed by atoms with E-state index in [4.69, 9.17) is 16.3 Å². The zero-order valence-corrected chi connectivity index (χ0v) is 14.5. The molecule has 0 bridgehead atoms. The van der Waals surface area contributed by atoms with Crippen LogP contribution in [0.2, 0.25) is 5.02 Å². The van der Waals surface area contributed by atoms with Crippen molar-refractivity contribution in [3.8, 4) is 11.8 Å². The van der Waals surface area contributed by atoms with Crippen molar-refractivity contribution in [3.05, 3.63) is 53.1 Å². The maximum Gasteiger partial charge on any atom is 0.261 e. The molecule has 1 fully saturated rings. The van der Waals surface area contributed by atoms with E-state index in [0.29, 0.717) is 11.4 Å². The molecule has 3 rings (SSSR count). The lowest BCUT2D eigenvalue weighted by Gasteiger charge is -2.11. The summed E-state index contributed by atoms with van der Waals surface area (Å²) in [5.41, 5.74) is 0.959. The molecule has 24 heavy (non-hydrogen) atoms. The van der Waals surface area contributed by atoms with Gasteiger partial charge in [0.25, 0.3) is 10.0 Å². The normalized spacial score (nSPS) is 15.4. The van der Waals surface area contributed by atoms with Crippen LogP contribution in [0.25, 0.3) is 0 Å². The lowest BCUT2D eigenvalue weighted by molar-refractivity contribution is 0.414. The van der Waals surface area contributed by atoms with Gasteiger partial charge >= 0.3 is 0 Å². The van der Waals surface area contributed by atoms with E-state index >= 15 is 0 Å². The smallest absolute Gasteiger partial charge is 0.261 e. The summed E-state index contributed by atoms with van der Waals surface area (Å²) in [5, 5.41) is 9.42. The molecule has 1 aliphatic rings. The summed E-state index contributed by atoms with van der Waals surface area (Å²) >= 11 is 5.98. The van der Waals surface area contributed by atoms with Crippen LogP contribution in [0.1, 0.15) is 18.4 Å². The Morgan fingerprint density at radius 1 is 1.21 bits per heavy atom. The van der Waals surface area contributed by atoms with Gasteiger partial charge in [-0.05, 0) is 48.7 Å². The monoisotopic (exact) mass is 362 g/mol. The number of hydrogen-bond donors (Lipinski definition) is 1. The van der Waals surface area contributed by atoms with Crippen molar-refractivity contribution in [2.75, 3.05) is 11.8 Å². The molecular weight excluding hydrogens is 348 g/mol. The number of nitriles is 1.